The van der Waals surface area contributed by atoms with Crippen LogP contribution in [-0.2, 0) is 9.59 Å². The number of nitrogens with zero attached hydrogens (tertiary/aromatic N) is 1. The van der Waals surface area contributed by atoms with Gasteiger partial charge in [0.25, 0.3) is 0 Å². The van der Waals surface area contributed by atoms with Crippen molar-refractivity contribution < 1.29 is 19.5 Å². The lowest BCUT2D eigenvalue weighted by molar-refractivity contribution is -0.137. The third kappa shape index (κ3) is 6.72. The van der Waals surface area contributed by atoms with Crippen molar-refractivity contribution in [1.29, 1.82) is 0 Å². The SMILES string of the molecule is CCCC(C)N(C)C(=O)NCC(=O)NCC(=O)O. The second kappa shape index (κ2) is 8.32. The van der Waals surface area contributed by atoms with Crippen LogP contribution in [0.25, 0.3) is 0 Å². The maximum absolute atomic E-state index is 11.6. The Morgan fingerprint density at radius 3 is 2.33 bits per heavy atom. The first kappa shape index (κ1) is 16.2. The topological polar surface area (TPSA) is 98.7 Å². The molecule has 0 fully saturated rings. The van der Waals surface area contributed by atoms with Gasteiger partial charge in [-0.25, -0.2) is 4.79 Å². The molecule has 0 aliphatic heterocycles. The number of hydrogen-bond donors (Lipinski definition) is 3. The molecule has 0 aliphatic carbocycles. The van der Waals surface area contributed by atoms with E-state index >= 15 is 0 Å². The summed E-state index contributed by atoms with van der Waals surface area (Å²) >= 11 is 0. The average Bonchev–Trinajstić information content (AvgIpc) is 2.32. The summed E-state index contributed by atoms with van der Waals surface area (Å²) in [7, 11) is 1.66. The quantitative estimate of drug-likeness (QED) is 0.600. The summed E-state index contributed by atoms with van der Waals surface area (Å²) in [5.41, 5.74) is 0. The normalized spacial score (nSPS) is 11.5. The number of carboxylic acid groups (broad SMARTS) is 1. The first-order valence-electron chi connectivity index (χ1n) is 5.87. The van der Waals surface area contributed by atoms with Crippen molar-refractivity contribution in [3.63, 3.8) is 0 Å². The van der Waals surface area contributed by atoms with Crippen LogP contribution in [0.15, 0.2) is 0 Å². The van der Waals surface area contributed by atoms with Gasteiger partial charge in [-0.05, 0) is 13.3 Å². The van der Waals surface area contributed by atoms with E-state index in [4.69, 9.17) is 5.11 Å². The lowest BCUT2D eigenvalue weighted by Crippen LogP contribution is -2.46. The maximum Gasteiger partial charge on any atom is 0.322 e. The molecular weight excluding hydrogens is 238 g/mol. The van der Waals surface area contributed by atoms with Crippen molar-refractivity contribution in [3.8, 4) is 0 Å². The Morgan fingerprint density at radius 1 is 1.22 bits per heavy atom. The molecule has 7 heteroatoms. The highest BCUT2D eigenvalue weighted by atomic mass is 16.4. The predicted octanol–water partition coefficient (Wildman–Crippen LogP) is 0.0172. The molecular formula is C11H21N3O4. The molecule has 0 aromatic heterocycles. The van der Waals surface area contributed by atoms with Crippen molar-refractivity contribution in [1.82, 2.24) is 15.5 Å². The van der Waals surface area contributed by atoms with Gasteiger partial charge < -0.3 is 20.6 Å². The highest BCUT2D eigenvalue weighted by Crippen LogP contribution is 2.03. The number of aliphatic carboxylic acids is 1. The van der Waals surface area contributed by atoms with Gasteiger partial charge >= 0.3 is 12.0 Å². The minimum Gasteiger partial charge on any atom is -0.480 e. The predicted molar refractivity (Wildman–Crippen MR) is 66.2 cm³/mol. The molecule has 1 unspecified atom stereocenters. The summed E-state index contributed by atoms with van der Waals surface area (Å²) in [6, 6.07) is -0.251. The standard InChI is InChI=1S/C11H21N3O4/c1-4-5-8(2)14(3)11(18)13-6-9(15)12-7-10(16)17/h8H,4-7H2,1-3H3,(H,12,15)(H,13,18)(H,16,17). The lowest BCUT2D eigenvalue weighted by Gasteiger charge is -2.24. The summed E-state index contributed by atoms with van der Waals surface area (Å²) in [6.45, 7) is 3.28. The van der Waals surface area contributed by atoms with Gasteiger partial charge in [-0.15, -0.1) is 0 Å². The summed E-state index contributed by atoms with van der Waals surface area (Å²) < 4.78 is 0. The Bertz CT molecular complexity index is 307. The number of hydrogen-bond acceptors (Lipinski definition) is 3. The molecule has 18 heavy (non-hydrogen) atoms. The van der Waals surface area contributed by atoms with Crippen molar-refractivity contribution in [3.05, 3.63) is 0 Å². The van der Waals surface area contributed by atoms with E-state index in [1.165, 1.54) is 4.90 Å². The monoisotopic (exact) mass is 259 g/mol. The fourth-order valence-electron chi connectivity index (χ4n) is 1.33. The van der Waals surface area contributed by atoms with E-state index < -0.39 is 18.4 Å². The Morgan fingerprint density at radius 2 is 1.83 bits per heavy atom. The van der Waals surface area contributed by atoms with Gasteiger partial charge in [0.15, 0.2) is 0 Å². The van der Waals surface area contributed by atoms with Crippen molar-refractivity contribution in [2.24, 2.45) is 0 Å². The average molecular weight is 259 g/mol. The van der Waals surface area contributed by atoms with Crippen LogP contribution in [0.4, 0.5) is 4.79 Å². The number of carbonyl (C=O) groups is 3. The molecule has 3 N–H and O–H groups in total. The Balaban J connectivity index is 3.94. The number of carboxylic acids is 1. The summed E-state index contributed by atoms with van der Waals surface area (Å²) in [5, 5.41) is 12.9. The van der Waals surface area contributed by atoms with Crippen LogP contribution < -0.4 is 10.6 Å². The number of carbonyl (C=O) groups excluding carboxylic acids is 2. The first-order chi connectivity index (χ1) is 8.38. The zero-order valence-corrected chi connectivity index (χ0v) is 11.0. The van der Waals surface area contributed by atoms with Gasteiger partial charge in [-0.1, -0.05) is 13.3 Å². The largest absolute Gasteiger partial charge is 0.480 e. The first-order valence-corrected chi connectivity index (χ1v) is 5.87. The van der Waals surface area contributed by atoms with Gasteiger partial charge in [-0.2, -0.15) is 0 Å². The Kier molecular flexibility index (Phi) is 7.50. The van der Waals surface area contributed by atoms with E-state index in [2.05, 4.69) is 10.6 Å². The zero-order chi connectivity index (χ0) is 14.1. The van der Waals surface area contributed by atoms with E-state index in [0.717, 1.165) is 12.8 Å². The molecule has 1 atom stereocenters. The van der Waals surface area contributed by atoms with E-state index in [9.17, 15) is 14.4 Å². The van der Waals surface area contributed by atoms with Gasteiger partial charge in [0, 0.05) is 13.1 Å². The van der Waals surface area contributed by atoms with Crippen LogP contribution in [0.2, 0.25) is 0 Å². The minimum atomic E-state index is -1.12. The molecule has 0 aliphatic rings. The van der Waals surface area contributed by atoms with Gasteiger partial charge in [-0.3, -0.25) is 9.59 Å². The fourth-order valence-corrected chi connectivity index (χ4v) is 1.33. The number of nitrogens with one attached hydrogen (secondary N) is 2. The van der Waals surface area contributed by atoms with Crippen LogP contribution in [0.5, 0.6) is 0 Å². The fraction of sp³-hybridized carbons (Fsp3) is 0.727. The molecule has 0 aromatic rings. The Labute approximate surface area is 107 Å². The smallest absolute Gasteiger partial charge is 0.322 e. The second-order valence-electron chi connectivity index (χ2n) is 4.08. The highest BCUT2D eigenvalue weighted by Gasteiger charge is 2.15. The van der Waals surface area contributed by atoms with E-state index in [-0.39, 0.29) is 18.6 Å². The molecule has 0 bridgehead atoms. The summed E-state index contributed by atoms with van der Waals surface area (Å²) in [4.78, 5) is 34.5. The van der Waals surface area contributed by atoms with E-state index in [1.807, 2.05) is 13.8 Å². The van der Waals surface area contributed by atoms with Crippen LogP contribution in [0.1, 0.15) is 26.7 Å². The zero-order valence-electron chi connectivity index (χ0n) is 11.0. The number of rotatable bonds is 7. The van der Waals surface area contributed by atoms with Gasteiger partial charge in [0.2, 0.25) is 5.91 Å². The van der Waals surface area contributed by atoms with Crippen molar-refractivity contribution in [2.75, 3.05) is 20.1 Å². The number of amides is 3. The molecule has 0 rings (SSSR count). The third-order valence-electron chi connectivity index (χ3n) is 2.52. The molecule has 0 heterocycles. The molecule has 0 spiro atoms. The summed E-state index contributed by atoms with van der Waals surface area (Å²) in [6.07, 6.45) is 1.85. The van der Waals surface area contributed by atoms with E-state index in [1.54, 1.807) is 7.05 Å². The van der Waals surface area contributed by atoms with Crippen LogP contribution in [-0.4, -0.2) is 54.1 Å². The molecule has 7 nitrogen and oxygen atoms in total. The molecule has 0 saturated carbocycles. The van der Waals surface area contributed by atoms with Crippen molar-refractivity contribution >= 4 is 17.9 Å². The molecule has 0 aromatic carbocycles. The molecule has 104 valence electrons. The molecule has 0 saturated heterocycles. The molecule has 3 amide bonds. The Hall–Kier alpha value is -1.79. The minimum absolute atomic E-state index is 0.0945. The van der Waals surface area contributed by atoms with E-state index in [0.29, 0.717) is 0 Å². The van der Waals surface area contributed by atoms with Gasteiger partial charge in [0.05, 0.1) is 6.54 Å². The third-order valence-corrected chi connectivity index (χ3v) is 2.52. The highest BCUT2D eigenvalue weighted by molar-refractivity contribution is 5.86. The maximum atomic E-state index is 11.6. The van der Waals surface area contributed by atoms with Crippen LogP contribution in [0, 0.1) is 0 Å². The lowest BCUT2D eigenvalue weighted by atomic mass is 10.2. The molecule has 0 radical (unpaired) electrons. The number of urea groups is 1. The van der Waals surface area contributed by atoms with Crippen LogP contribution >= 0.6 is 0 Å². The second-order valence-corrected chi connectivity index (χ2v) is 4.08. The van der Waals surface area contributed by atoms with Crippen molar-refractivity contribution in [2.45, 2.75) is 32.7 Å². The van der Waals surface area contributed by atoms with Gasteiger partial charge in [0.1, 0.15) is 6.54 Å². The van der Waals surface area contributed by atoms with Crippen LogP contribution in [0.3, 0.4) is 0 Å². The summed E-state index contributed by atoms with van der Waals surface area (Å²) in [5.74, 6) is -1.65.